The number of amides is 2. The van der Waals surface area contributed by atoms with Crippen LogP contribution in [0.5, 0.6) is 5.75 Å². The topological polar surface area (TPSA) is 84.0 Å². The van der Waals surface area contributed by atoms with Crippen molar-refractivity contribution in [2.75, 3.05) is 9.80 Å². The van der Waals surface area contributed by atoms with Gasteiger partial charge in [-0.2, -0.15) is 0 Å². The minimum absolute atomic E-state index is 0.243. The molecule has 37 heavy (non-hydrogen) atoms. The minimum atomic E-state index is -0.871. The highest BCUT2D eigenvalue weighted by Crippen LogP contribution is 2.49. The van der Waals surface area contributed by atoms with Gasteiger partial charge in [0.15, 0.2) is 5.78 Å². The van der Waals surface area contributed by atoms with Gasteiger partial charge in [0, 0.05) is 23.2 Å². The third kappa shape index (κ3) is 3.65. The average molecular weight is 513 g/mol. The molecule has 3 heterocycles. The first kappa shape index (κ1) is 23.2. The molecular weight excluding hydrogens is 492 g/mol. The number of hydrogen-bond acceptors (Lipinski definition) is 6. The molecule has 0 bridgehead atoms. The van der Waals surface area contributed by atoms with Crippen molar-refractivity contribution in [1.29, 1.82) is 0 Å². The Bertz CT molecular complexity index is 1480. The quantitative estimate of drug-likeness (QED) is 0.221. The van der Waals surface area contributed by atoms with Gasteiger partial charge in [-0.3, -0.25) is 19.2 Å². The zero-order valence-corrected chi connectivity index (χ0v) is 20.5. The fraction of sp³-hybridized carbons (Fsp3) is 0.172. The number of para-hydroxylation sites is 1. The first-order valence-corrected chi connectivity index (χ1v) is 12.2. The summed E-state index contributed by atoms with van der Waals surface area (Å²) in [6.45, 7) is 1.29. The number of imide groups is 1. The number of nitrogens with zero attached hydrogens (tertiary/aromatic N) is 2. The highest BCUT2D eigenvalue weighted by molar-refractivity contribution is 6.30. The number of fused-ring (bicyclic) bond motifs is 5. The van der Waals surface area contributed by atoms with Gasteiger partial charge in [0.25, 0.3) is 0 Å². The summed E-state index contributed by atoms with van der Waals surface area (Å²) in [6, 6.07) is 19.1. The van der Waals surface area contributed by atoms with Crippen molar-refractivity contribution in [2.24, 2.45) is 11.8 Å². The fourth-order valence-corrected chi connectivity index (χ4v) is 5.81. The van der Waals surface area contributed by atoms with Crippen molar-refractivity contribution in [3.63, 3.8) is 0 Å². The molecule has 2 saturated heterocycles. The summed E-state index contributed by atoms with van der Waals surface area (Å²) >= 11 is 6.05. The Balaban J connectivity index is 1.43. The van der Waals surface area contributed by atoms with Gasteiger partial charge in [-0.25, -0.2) is 4.90 Å². The Kier molecular flexibility index (Phi) is 5.46. The van der Waals surface area contributed by atoms with Crippen molar-refractivity contribution in [2.45, 2.75) is 19.0 Å². The Morgan fingerprint density at radius 2 is 1.54 bits per heavy atom. The molecule has 0 aliphatic carbocycles. The molecule has 6 rings (SSSR count). The van der Waals surface area contributed by atoms with Crippen LogP contribution in [0.2, 0.25) is 5.02 Å². The first-order chi connectivity index (χ1) is 17.8. The van der Waals surface area contributed by atoms with Crippen molar-refractivity contribution in [3.05, 3.63) is 95.0 Å². The molecule has 0 saturated carbocycles. The van der Waals surface area contributed by atoms with Gasteiger partial charge in [-0.1, -0.05) is 42.0 Å². The van der Waals surface area contributed by atoms with Crippen LogP contribution in [0.25, 0.3) is 6.08 Å². The lowest BCUT2D eigenvalue weighted by atomic mass is 9.86. The molecule has 4 atom stereocenters. The number of ether oxygens (including phenoxy) is 1. The van der Waals surface area contributed by atoms with Crippen LogP contribution in [0.1, 0.15) is 22.8 Å². The molecule has 3 aliphatic heterocycles. The molecule has 0 N–H and O–H groups in total. The van der Waals surface area contributed by atoms with E-state index < -0.39 is 35.8 Å². The Morgan fingerprint density at radius 3 is 2.24 bits per heavy atom. The SMILES string of the molecule is CC(=O)Oc1ccc(N2C(=O)[C@@H]3[C@H](C2=O)[C@H](C(=O)c2ccc(Cl)cc2)N2c4ccccc4C=C[C@H]32)cc1. The van der Waals surface area contributed by atoms with Crippen LogP contribution >= 0.6 is 11.6 Å². The van der Waals surface area contributed by atoms with Gasteiger partial charge in [0.05, 0.1) is 23.6 Å². The van der Waals surface area contributed by atoms with E-state index in [2.05, 4.69) is 0 Å². The van der Waals surface area contributed by atoms with E-state index in [1.165, 1.54) is 19.1 Å². The second-order valence-electron chi connectivity index (χ2n) is 9.28. The average Bonchev–Trinajstić information content (AvgIpc) is 3.37. The van der Waals surface area contributed by atoms with Gasteiger partial charge < -0.3 is 9.64 Å². The van der Waals surface area contributed by atoms with E-state index >= 15 is 0 Å². The lowest BCUT2D eigenvalue weighted by Crippen LogP contribution is -2.48. The number of Topliss-reactive ketones (excluding diaryl/α,β-unsaturated/α-hetero) is 1. The molecule has 3 aromatic rings. The van der Waals surface area contributed by atoms with Crippen molar-refractivity contribution in [3.8, 4) is 5.75 Å². The van der Waals surface area contributed by atoms with Gasteiger partial charge in [-0.15, -0.1) is 0 Å². The Labute approximate surface area is 217 Å². The number of hydrogen-bond donors (Lipinski definition) is 0. The molecule has 0 radical (unpaired) electrons. The largest absolute Gasteiger partial charge is 0.427 e. The lowest BCUT2D eigenvalue weighted by Gasteiger charge is -2.36. The van der Waals surface area contributed by atoms with Crippen molar-refractivity contribution in [1.82, 2.24) is 0 Å². The minimum Gasteiger partial charge on any atom is -0.427 e. The third-order valence-corrected chi connectivity index (χ3v) is 7.42. The molecule has 0 unspecified atom stereocenters. The fourth-order valence-electron chi connectivity index (χ4n) is 5.68. The molecule has 7 nitrogen and oxygen atoms in total. The van der Waals surface area contributed by atoms with E-state index in [1.807, 2.05) is 41.3 Å². The van der Waals surface area contributed by atoms with Crippen LogP contribution in [0.4, 0.5) is 11.4 Å². The Morgan fingerprint density at radius 1 is 0.865 bits per heavy atom. The summed E-state index contributed by atoms with van der Waals surface area (Å²) in [4.78, 5) is 56.0. The first-order valence-electron chi connectivity index (χ1n) is 11.9. The Hall–Kier alpha value is -4.23. The zero-order valence-electron chi connectivity index (χ0n) is 19.7. The summed E-state index contributed by atoms with van der Waals surface area (Å²) in [5, 5.41) is 0.500. The summed E-state index contributed by atoms with van der Waals surface area (Å²) in [5.41, 5.74) is 2.52. The summed E-state index contributed by atoms with van der Waals surface area (Å²) in [6.07, 6.45) is 3.85. The number of anilines is 2. The second kappa shape index (κ2) is 8.71. The van der Waals surface area contributed by atoms with Gasteiger partial charge in [0.2, 0.25) is 11.8 Å². The van der Waals surface area contributed by atoms with Crippen LogP contribution in [0, 0.1) is 11.8 Å². The van der Waals surface area contributed by atoms with Crippen LogP contribution < -0.4 is 14.5 Å². The number of carbonyl (C=O) groups excluding carboxylic acids is 4. The van der Waals surface area contributed by atoms with Crippen LogP contribution in [0.15, 0.2) is 78.9 Å². The monoisotopic (exact) mass is 512 g/mol. The van der Waals surface area contributed by atoms with E-state index in [9.17, 15) is 19.2 Å². The zero-order chi connectivity index (χ0) is 25.8. The standard InChI is InChI=1S/C29H21ClN2O5/c1-16(33)37-21-13-11-20(12-14-21)31-28(35)24-23-15-8-17-4-2-3-5-22(17)32(23)26(25(24)29(31)36)27(34)18-6-9-19(30)10-7-18/h2-15,23-26H,1H3/t23-,24+,25+,26-/m1/s1. The van der Waals surface area contributed by atoms with Gasteiger partial charge in [0.1, 0.15) is 11.8 Å². The molecule has 2 amide bonds. The van der Waals surface area contributed by atoms with E-state index in [4.69, 9.17) is 16.3 Å². The molecule has 8 heteroatoms. The molecule has 2 fully saturated rings. The third-order valence-electron chi connectivity index (χ3n) is 7.17. The highest BCUT2D eigenvalue weighted by Gasteiger charge is 2.64. The molecule has 0 aromatic heterocycles. The molecule has 3 aromatic carbocycles. The normalized spacial score (nSPS) is 23.5. The van der Waals surface area contributed by atoms with E-state index in [0.717, 1.165) is 16.2 Å². The molecule has 3 aliphatic rings. The second-order valence-corrected chi connectivity index (χ2v) is 9.72. The van der Waals surface area contributed by atoms with Gasteiger partial charge in [-0.05, 0) is 60.2 Å². The molecular formula is C29H21ClN2O5. The number of carbonyl (C=O) groups is 4. The van der Waals surface area contributed by atoms with Crippen molar-refractivity contribution >= 4 is 52.6 Å². The maximum atomic E-state index is 14.0. The van der Waals surface area contributed by atoms with Crippen molar-refractivity contribution < 1.29 is 23.9 Å². The summed E-state index contributed by atoms with van der Waals surface area (Å²) < 4.78 is 5.07. The number of ketones is 1. The molecule has 184 valence electrons. The molecule has 0 spiro atoms. The number of esters is 1. The smallest absolute Gasteiger partial charge is 0.308 e. The van der Waals surface area contributed by atoms with E-state index in [1.54, 1.807) is 36.4 Å². The number of benzene rings is 3. The lowest BCUT2D eigenvalue weighted by molar-refractivity contribution is -0.132. The number of halogens is 1. The predicted molar refractivity (Wildman–Crippen MR) is 139 cm³/mol. The maximum Gasteiger partial charge on any atom is 0.308 e. The summed E-state index contributed by atoms with van der Waals surface area (Å²) in [5.74, 6) is -2.79. The highest BCUT2D eigenvalue weighted by atomic mass is 35.5. The van der Waals surface area contributed by atoms with Crippen LogP contribution in [0.3, 0.4) is 0 Å². The predicted octanol–water partition coefficient (Wildman–Crippen LogP) is 4.54. The van der Waals surface area contributed by atoms with Crippen LogP contribution in [-0.2, 0) is 14.4 Å². The van der Waals surface area contributed by atoms with Gasteiger partial charge >= 0.3 is 5.97 Å². The summed E-state index contributed by atoms with van der Waals surface area (Å²) in [7, 11) is 0. The van der Waals surface area contributed by atoms with E-state index in [-0.39, 0.29) is 11.7 Å². The maximum absolute atomic E-state index is 14.0. The van der Waals surface area contributed by atoms with E-state index in [0.29, 0.717) is 22.0 Å². The number of rotatable bonds is 4. The van der Waals surface area contributed by atoms with Crippen LogP contribution in [-0.4, -0.2) is 35.7 Å².